The van der Waals surface area contributed by atoms with Crippen LogP contribution in [0.1, 0.15) is 22.8 Å². The van der Waals surface area contributed by atoms with Crippen LogP contribution in [0.25, 0.3) is 0 Å². The fraction of sp³-hybridized carbons (Fsp3) is 0.400. The van der Waals surface area contributed by atoms with E-state index in [-0.39, 0.29) is 11.1 Å². The van der Waals surface area contributed by atoms with Crippen molar-refractivity contribution in [2.24, 2.45) is 0 Å². The van der Waals surface area contributed by atoms with Crippen molar-refractivity contribution < 1.29 is 27.1 Å². The number of aliphatic hydroxyl groups is 1. The Hall–Kier alpha value is -0.880. The number of benzene rings is 1. The number of hydrogen-bond acceptors (Lipinski definition) is 1. The lowest BCUT2D eigenvalue weighted by atomic mass is 10.0. The molecule has 0 fully saturated rings. The third kappa shape index (κ3) is 3.29. The first-order valence-corrected chi connectivity index (χ1v) is 4.84. The summed E-state index contributed by atoms with van der Waals surface area (Å²) in [4.78, 5) is 0. The first kappa shape index (κ1) is 14.2. The van der Waals surface area contributed by atoms with Crippen LogP contribution in [0.5, 0.6) is 0 Å². The van der Waals surface area contributed by atoms with Gasteiger partial charge in [-0.2, -0.15) is 22.0 Å². The van der Waals surface area contributed by atoms with E-state index in [2.05, 4.69) is 11.6 Å². The second-order valence-electron chi connectivity index (χ2n) is 3.52. The molecule has 0 saturated carbocycles. The van der Waals surface area contributed by atoms with Gasteiger partial charge in [-0.25, -0.2) is 0 Å². The zero-order valence-electron chi connectivity index (χ0n) is 8.52. The largest absolute Gasteiger partial charge is 0.416 e. The zero-order valence-corrected chi connectivity index (χ0v) is 9.28. The molecule has 0 aliphatic rings. The highest BCUT2D eigenvalue weighted by molar-refractivity contribution is 6.22. The Bertz CT molecular complexity index is 410. The molecule has 0 bridgehead atoms. The molecule has 96 valence electrons. The predicted octanol–water partition coefficient (Wildman–Crippen LogP) is 3.88. The highest BCUT2D eigenvalue weighted by Crippen LogP contribution is 2.37. The molecule has 0 aromatic heterocycles. The summed E-state index contributed by atoms with van der Waals surface area (Å²) >= 11 is 4.59. The summed E-state index contributed by atoms with van der Waals surface area (Å²) in [6.07, 6.45) is -6.90. The molecule has 17 heavy (non-hydrogen) atoms. The van der Waals surface area contributed by atoms with E-state index < -0.39 is 23.2 Å². The highest BCUT2D eigenvalue weighted by atomic mass is 35.5. The lowest BCUT2D eigenvalue weighted by Gasteiger charge is -2.18. The van der Waals surface area contributed by atoms with Crippen molar-refractivity contribution in [3.8, 4) is 0 Å². The van der Waals surface area contributed by atoms with Crippen LogP contribution < -0.4 is 0 Å². The van der Waals surface area contributed by atoms with Crippen molar-refractivity contribution in [2.75, 3.05) is 0 Å². The van der Waals surface area contributed by atoms with E-state index >= 15 is 0 Å². The maximum atomic E-state index is 12.6. The average molecular weight is 275 g/mol. The predicted molar refractivity (Wildman–Crippen MR) is 51.9 cm³/mol. The monoisotopic (exact) mass is 274 g/mol. The first-order chi connectivity index (χ1) is 7.53. The molecule has 1 nitrogen and oxygen atoms in total. The molecule has 0 aliphatic carbocycles. The van der Waals surface area contributed by atoms with Crippen molar-refractivity contribution >= 4 is 11.6 Å². The molecule has 0 aliphatic heterocycles. The van der Waals surface area contributed by atoms with Crippen LogP contribution in [0.3, 0.4) is 0 Å². The van der Waals surface area contributed by atoms with Crippen LogP contribution >= 0.6 is 11.6 Å². The smallest absolute Gasteiger partial charge is 0.381 e. The zero-order chi connectivity index (χ0) is 13.4. The van der Waals surface area contributed by atoms with Crippen LogP contribution in [-0.2, 0) is 6.18 Å². The molecular formula is C10H8ClF5O. The van der Waals surface area contributed by atoms with Crippen LogP contribution in [-0.4, -0.2) is 10.5 Å². The van der Waals surface area contributed by atoms with Crippen molar-refractivity contribution in [3.63, 3.8) is 0 Å². The second kappa shape index (κ2) is 4.42. The van der Waals surface area contributed by atoms with Gasteiger partial charge < -0.3 is 5.11 Å². The minimum Gasteiger partial charge on any atom is -0.381 e. The average Bonchev–Trinajstić information content (AvgIpc) is 2.12. The van der Waals surface area contributed by atoms with Gasteiger partial charge in [0.1, 0.15) is 0 Å². The van der Waals surface area contributed by atoms with Crippen LogP contribution in [0.2, 0.25) is 0 Å². The molecular weight excluding hydrogens is 267 g/mol. The van der Waals surface area contributed by atoms with E-state index in [1.165, 1.54) is 0 Å². The Labute approximate surface area is 98.8 Å². The summed E-state index contributed by atoms with van der Waals surface area (Å²) in [5.41, 5.74) is -1.56. The maximum Gasteiger partial charge on any atom is 0.416 e. The van der Waals surface area contributed by atoms with Gasteiger partial charge in [-0.3, -0.25) is 0 Å². The lowest BCUT2D eigenvalue weighted by Crippen LogP contribution is -2.19. The molecule has 0 spiro atoms. The Morgan fingerprint density at radius 3 is 2.06 bits per heavy atom. The normalized spacial score (nSPS) is 14.8. The SMILES string of the molecule is Cc1cc(C(O)C(F)(F)Cl)ccc1C(F)(F)F. The summed E-state index contributed by atoms with van der Waals surface area (Å²) in [5, 5.41) is 5.19. The number of aliphatic hydroxyl groups excluding tert-OH is 1. The molecule has 0 amide bonds. The van der Waals surface area contributed by atoms with Gasteiger partial charge in [0.15, 0.2) is 6.10 Å². The second-order valence-corrected chi connectivity index (χ2v) is 4.02. The van der Waals surface area contributed by atoms with Crippen molar-refractivity contribution in [3.05, 3.63) is 34.9 Å². The summed E-state index contributed by atoms with van der Waals surface area (Å²) in [6.45, 7) is 1.12. The van der Waals surface area contributed by atoms with Gasteiger partial charge in [-0.15, -0.1) is 0 Å². The van der Waals surface area contributed by atoms with Gasteiger partial charge >= 0.3 is 11.6 Å². The van der Waals surface area contributed by atoms with Crippen LogP contribution in [0.15, 0.2) is 18.2 Å². The number of halogens is 6. The molecule has 1 aromatic carbocycles. The molecule has 0 radical (unpaired) electrons. The standard InChI is InChI=1S/C10H8ClF5O/c1-5-4-6(8(17)9(11,12)13)2-3-7(5)10(14,15)16/h2-4,8,17H,1H3. The summed E-state index contributed by atoms with van der Waals surface area (Å²) in [6, 6.07) is 2.25. The highest BCUT2D eigenvalue weighted by Gasteiger charge is 2.38. The summed E-state index contributed by atoms with van der Waals surface area (Å²) in [7, 11) is 0. The number of hydrogen-bond donors (Lipinski definition) is 1. The lowest BCUT2D eigenvalue weighted by molar-refractivity contribution is -0.138. The van der Waals surface area contributed by atoms with Crippen molar-refractivity contribution in [1.29, 1.82) is 0 Å². The summed E-state index contributed by atoms with van der Waals surface area (Å²) < 4.78 is 62.3. The molecule has 0 heterocycles. The van der Waals surface area contributed by atoms with Gasteiger partial charge in [-0.05, 0) is 35.7 Å². The third-order valence-electron chi connectivity index (χ3n) is 2.18. The number of aryl methyl sites for hydroxylation is 1. The van der Waals surface area contributed by atoms with E-state index in [9.17, 15) is 22.0 Å². The van der Waals surface area contributed by atoms with E-state index in [0.29, 0.717) is 6.07 Å². The molecule has 1 N–H and O–H groups in total. The van der Waals surface area contributed by atoms with Gasteiger partial charge in [-0.1, -0.05) is 12.1 Å². The Morgan fingerprint density at radius 1 is 1.18 bits per heavy atom. The maximum absolute atomic E-state index is 12.6. The topological polar surface area (TPSA) is 20.2 Å². The number of alkyl halides is 6. The Kier molecular flexibility index (Phi) is 3.69. The quantitative estimate of drug-likeness (QED) is 0.641. The number of rotatable bonds is 2. The van der Waals surface area contributed by atoms with Crippen molar-refractivity contribution in [2.45, 2.75) is 24.6 Å². The van der Waals surface area contributed by atoms with E-state index in [1.54, 1.807) is 0 Å². The third-order valence-corrected chi connectivity index (χ3v) is 2.39. The minimum atomic E-state index is -4.56. The van der Waals surface area contributed by atoms with Crippen LogP contribution in [0, 0.1) is 6.92 Å². The molecule has 1 unspecified atom stereocenters. The van der Waals surface area contributed by atoms with Gasteiger partial charge in [0.25, 0.3) is 0 Å². The summed E-state index contributed by atoms with van der Waals surface area (Å²) in [5.74, 6) is 0. The van der Waals surface area contributed by atoms with E-state index in [4.69, 9.17) is 5.11 Å². The fourth-order valence-electron chi connectivity index (χ4n) is 1.36. The van der Waals surface area contributed by atoms with Gasteiger partial charge in [0.05, 0.1) is 5.56 Å². The molecule has 1 atom stereocenters. The van der Waals surface area contributed by atoms with E-state index in [0.717, 1.165) is 19.1 Å². The minimum absolute atomic E-state index is 0.255. The molecule has 1 aromatic rings. The van der Waals surface area contributed by atoms with Crippen LogP contribution in [0.4, 0.5) is 22.0 Å². The molecule has 7 heteroatoms. The van der Waals surface area contributed by atoms with Gasteiger partial charge in [0, 0.05) is 0 Å². The van der Waals surface area contributed by atoms with E-state index in [1.807, 2.05) is 0 Å². The van der Waals surface area contributed by atoms with Crippen molar-refractivity contribution in [1.82, 2.24) is 0 Å². The Morgan fingerprint density at radius 2 is 1.71 bits per heavy atom. The fourth-order valence-corrected chi connectivity index (χ4v) is 1.49. The Balaban J connectivity index is 3.14. The first-order valence-electron chi connectivity index (χ1n) is 4.46. The van der Waals surface area contributed by atoms with Gasteiger partial charge in [0.2, 0.25) is 0 Å². The molecule has 1 rings (SSSR count). The molecule has 0 saturated heterocycles.